The molecule has 0 amide bonds. The molecule has 4 heteroatoms. The van der Waals surface area contributed by atoms with Crippen LogP contribution in [0.3, 0.4) is 0 Å². The fourth-order valence-electron chi connectivity index (χ4n) is 0.511. The van der Waals surface area contributed by atoms with E-state index in [0.717, 1.165) is 0 Å². The molecule has 1 aromatic rings. The third kappa shape index (κ3) is 2.64. The minimum atomic E-state index is 0.646. The van der Waals surface area contributed by atoms with E-state index in [0.29, 0.717) is 11.4 Å². The zero-order chi connectivity index (χ0) is 7.98. The number of rotatable bonds is 0. The van der Waals surface area contributed by atoms with Crippen molar-refractivity contribution in [2.45, 2.75) is 0 Å². The second kappa shape index (κ2) is 5.00. The van der Waals surface area contributed by atoms with E-state index >= 15 is 0 Å². The maximum atomic E-state index is 5.39. The Balaban J connectivity index is 0.000000371. The third-order valence-corrected chi connectivity index (χ3v) is 0.996. The second-order valence-corrected chi connectivity index (χ2v) is 1.63. The van der Waals surface area contributed by atoms with Gasteiger partial charge in [0.05, 0.1) is 11.4 Å². The lowest BCUT2D eigenvalue weighted by Crippen LogP contribution is -1.91. The van der Waals surface area contributed by atoms with Gasteiger partial charge in [0.2, 0.25) is 7.26 Å². The first kappa shape index (κ1) is 9.17. The Morgan fingerprint density at radius 3 is 1.50 bits per heavy atom. The zero-order valence-corrected chi connectivity index (χ0v) is 6.18. The summed E-state index contributed by atoms with van der Waals surface area (Å²) < 4.78 is 0. The Bertz CT molecular complexity index is 172. The molecule has 0 saturated carbocycles. The monoisotopic (exact) mass is 154 g/mol. The van der Waals surface area contributed by atoms with Crippen molar-refractivity contribution in [1.29, 1.82) is 0 Å². The molecular weight excluding hydrogens is 146 g/mol. The predicted molar refractivity (Wildman–Crippen MR) is 46.9 cm³/mol. The highest BCUT2D eigenvalue weighted by Gasteiger charge is 1.85. The Morgan fingerprint density at radius 1 is 1.00 bits per heavy atom. The van der Waals surface area contributed by atoms with Gasteiger partial charge in [0.1, 0.15) is 0 Å². The highest BCUT2D eigenvalue weighted by Crippen LogP contribution is 2.10. The minimum absolute atomic E-state index is 0.646. The first-order chi connectivity index (χ1) is 4.80. The number of benzene rings is 1. The van der Waals surface area contributed by atoms with Gasteiger partial charge < -0.3 is 11.5 Å². The molecule has 2 nitrogen and oxygen atoms in total. The highest BCUT2D eigenvalue weighted by atomic mass is 35.5. The number of nitrogen functional groups attached to an aromatic ring is 2. The average molecular weight is 154 g/mol. The molecule has 0 spiro atoms. The molecule has 0 bridgehead atoms. The van der Waals surface area contributed by atoms with Crippen molar-refractivity contribution in [3.63, 3.8) is 0 Å². The number of nitrogens with two attached hydrogens (primary N) is 2. The van der Waals surface area contributed by atoms with Crippen LogP contribution in [0.4, 0.5) is 11.4 Å². The van der Waals surface area contributed by atoms with Crippen LogP contribution in [-0.4, -0.2) is 7.26 Å². The van der Waals surface area contributed by atoms with Gasteiger partial charge in [-0.1, -0.05) is 12.1 Å². The van der Waals surface area contributed by atoms with E-state index in [1.165, 1.54) is 0 Å². The van der Waals surface area contributed by atoms with E-state index in [1.807, 2.05) is 12.1 Å². The maximum Gasteiger partial charge on any atom is 0.214 e. The maximum absolute atomic E-state index is 5.39. The number of para-hydroxylation sites is 2. The third-order valence-electron chi connectivity index (χ3n) is 0.996. The van der Waals surface area contributed by atoms with Gasteiger partial charge in [-0.3, -0.25) is 0 Å². The van der Waals surface area contributed by atoms with E-state index in [9.17, 15) is 0 Å². The summed E-state index contributed by atoms with van der Waals surface area (Å²) in [4.78, 5) is 0. The van der Waals surface area contributed by atoms with E-state index in [2.05, 4.69) is 18.7 Å². The summed E-state index contributed by atoms with van der Waals surface area (Å²) in [7, 11) is 3.97. The van der Waals surface area contributed by atoms with Crippen molar-refractivity contribution in [2.75, 3.05) is 11.5 Å². The molecule has 0 unspecified atom stereocenters. The van der Waals surface area contributed by atoms with Gasteiger partial charge in [-0.25, -0.2) is 11.5 Å². The minimum Gasteiger partial charge on any atom is -0.397 e. The lowest BCUT2D eigenvalue weighted by molar-refractivity contribution is 1.67. The lowest BCUT2D eigenvalue weighted by Gasteiger charge is -1.94. The SMILES string of the molecule is Nc1ccccc1N.[B]Cl. The summed E-state index contributed by atoms with van der Waals surface area (Å²) >= 11 is 4.14. The lowest BCUT2D eigenvalue weighted by atomic mass is 10.3. The second-order valence-electron chi connectivity index (χ2n) is 1.63. The summed E-state index contributed by atoms with van der Waals surface area (Å²) in [5.74, 6) is 0. The normalized spacial score (nSPS) is 7.70. The average Bonchev–Trinajstić information content (AvgIpc) is 2.00. The summed E-state index contributed by atoms with van der Waals surface area (Å²) in [6, 6.07) is 7.25. The molecule has 0 aliphatic rings. The molecule has 0 aliphatic carbocycles. The van der Waals surface area contributed by atoms with E-state index in [1.54, 1.807) is 12.1 Å². The molecule has 0 atom stereocenters. The standard InChI is InChI=1S/C6H8N2.BCl/c7-5-3-1-2-4-6(5)8;1-2/h1-4H,7-8H2;. The quantitative estimate of drug-likeness (QED) is 0.435. The molecule has 0 aliphatic heterocycles. The molecule has 10 heavy (non-hydrogen) atoms. The summed E-state index contributed by atoms with van der Waals surface area (Å²) in [6.07, 6.45) is 0. The largest absolute Gasteiger partial charge is 0.397 e. The summed E-state index contributed by atoms with van der Waals surface area (Å²) in [5.41, 5.74) is 12.1. The van der Waals surface area contributed by atoms with Crippen LogP contribution in [0.5, 0.6) is 0 Å². The molecule has 1 aromatic carbocycles. The predicted octanol–water partition coefficient (Wildman–Crippen LogP) is 1.16. The first-order valence-corrected chi connectivity index (χ1v) is 3.06. The van der Waals surface area contributed by atoms with E-state index < -0.39 is 0 Å². The van der Waals surface area contributed by atoms with Crippen LogP contribution >= 0.6 is 11.5 Å². The van der Waals surface area contributed by atoms with Gasteiger partial charge in [-0.15, -0.1) is 0 Å². The molecule has 2 radical (unpaired) electrons. The van der Waals surface area contributed by atoms with Crippen molar-refractivity contribution in [1.82, 2.24) is 0 Å². The summed E-state index contributed by atoms with van der Waals surface area (Å²) in [6.45, 7) is 0. The Kier molecular flexibility index (Phi) is 4.59. The number of anilines is 2. The molecule has 0 aromatic heterocycles. The number of hydrogen-bond donors (Lipinski definition) is 2. The molecule has 1 rings (SSSR count). The Hall–Kier alpha value is -0.825. The van der Waals surface area contributed by atoms with Gasteiger partial charge in [0, 0.05) is 0 Å². The van der Waals surface area contributed by atoms with Crippen molar-refractivity contribution in [3.8, 4) is 0 Å². The highest BCUT2D eigenvalue weighted by molar-refractivity contribution is 6.80. The van der Waals surface area contributed by atoms with Crippen LogP contribution in [0.25, 0.3) is 0 Å². The van der Waals surface area contributed by atoms with Crippen molar-refractivity contribution >= 4 is 30.1 Å². The van der Waals surface area contributed by atoms with Gasteiger partial charge >= 0.3 is 0 Å². The van der Waals surface area contributed by atoms with Gasteiger partial charge in [-0.2, -0.15) is 0 Å². The molecule has 0 heterocycles. The Labute approximate surface area is 66.5 Å². The van der Waals surface area contributed by atoms with Crippen LogP contribution < -0.4 is 11.5 Å². The Morgan fingerprint density at radius 2 is 1.30 bits per heavy atom. The van der Waals surface area contributed by atoms with E-state index in [-0.39, 0.29) is 0 Å². The molecular formula is C6H8BClN2. The van der Waals surface area contributed by atoms with Gasteiger partial charge in [-0.05, 0) is 12.1 Å². The molecule has 0 saturated heterocycles. The van der Waals surface area contributed by atoms with Crippen molar-refractivity contribution in [2.24, 2.45) is 0 Å². The fraction of sp³-hybridized carbons (Fsp3) is 0. The van der Waals surface area contributed by atoms with Crippen LogP contribution in [0, 0.1) is 0 Å². The molecule has 52 valence electrons. The van der Waals surface area contributed by atoms with E-state index in [4.69, 9.17) is 11.5 Å². The van der Waals surface area contributed by atoms with Crippen LogP contribution in [0.2, 0.25) is 0 Å². The summed E-state index contributed by atoms with van der Waals surface area (Å²) in [5, 5.41) is 0. The molecule has 4 N–H and O–H groups in total. The fourth-order valence-corrected chi connectivity index (χ4v) is 0.511. The van der Waals surface area contributed by atoms with Crippen LogP contribution in [0.1, 0.15) is 0 Å². The van der Waals surface area contributed by atoms with Crippen LogP contribution in [-0.2, 0) is 0 Å². The first-order valence-electron chi connectivity index (χ1n) is 2.62. The topological polar surface area (TPSA) is 52.0 Å². The zero-order valence-electron chi connectivity index (χ0n) is 5.42. The number of hydrogen-bond acceptors (Lipinski definition) is 2. The van der Waals surface area contributed by atoms with Crippen molar-refractivity contribution in [3.05, 3.63) is 24.3 Å². The van der Waals surface area contributed by atoms with Crippen LogP contribution in [0.15, 0.2) is 24.3 Å². The van der Waals surface area contributed by atoms with Gasteiger partial charge in [0.25, 0.3) is 0 Å². The van der Waals surface area contributed by atoms with Crippen molar-refractivity contribution < 1.29 is 0 Å². The number of halogens is 1. The molecule has 0 fully saturated rings. The van der Waals surface area contributed by atoms with Gasteiger partial charge in [0.15, 0.2) is 0 Å². The smallest absolute Gasteiger partial charge is 0.214 e.